The Kier molecular flexibility index (Phi) is 5.50. The van der Waals surface area contributed by atoms with Gasteiger partial charge in [-0.05, 0) is 12.1 Å². The molecule has 0 bridgehead atoms. The van der Waals surface area contributed by atoms with Crippen molar-refractivity contribution < 1.29 is 27.9 Å². The molecule has 1 rings (SSSR count). The molecule has 0 heterocycles. The smallest absolute Gasteiger partial charge is 0.389 e. The zero-order chi connectivity index (χ0) is 16.2. The summed E-state index contributed by atoms with van der Waals surface area (Å²) in [5, 5.41) is 20.2. The number of aliphatic hydroxyl groups excluding tert-OH is 1. The highest BCUT2D eigenvalue weighted by atomic mass is 19.4. The van der Waals surface area contributed by atoms with E-state index in [-0.39, 0.29) is 18.8 Å². The van der Waals surface area contributed by atoms with Gasteiger partial charge in [0, 0.05) is 32.5 Å². The normalized spacial score (nSPS) is 13.0. The van der Waals surface area contributed by atoms with Crippen molar-refractivity contribution in [1.29, 1.82) is 0 Å². The third kappa shape index (κ3) is 4.57. The SMILES string of the molecule is COCC(O)CN(C)c1ccc([N+](=O)[O-])c(C(F)(F)F)c1. The van der Waals surface area contributed by atoms with Crippen molar-refractivity contribution in [1.82, 2.24) is 0 Å². The van der Waals surface area contributed by atoms with Crippen LogP contribution in [0.25, 0.3) is 0 Å². The van der Waals surface area contributed by atoms with Crippen LogP contribution in [0.5, 0.6) is 0 Å². The van der Waals surface area contributed by atoms with Crippen molar-refractivity contribution in [2.24, 2.45) is 0 Å². The van der Waals surface area contributed by atoms with E-state index in [1.54, 1.807) is 0 Å². The Bertz CT molecular complexity index is 508. The van der Waals surface area contributed by atoms with Gasteiger partial charge in [0.1, 0.15) is 5.56 Å². The molecule has 0 saturated carbocycles. The molecule has 1 unspecified atom stereocenters. The van der Waals surface area contributed by atoms with Gasteiger partial charge in [0.05, 0.1) is 17.6 Å². The zero-order valence-electron chi connectivity index (χ0n) is 11.4. The summed E-state index contributed by atoms with van der Waals surface area (Å²) in [6.45, 7) is 0.0619. The molecule has 0 aliphatic carbocycles. The molecule has 9 heteroatoms. The van der Waals surface area contributed by atoms with Crippen molar-refractivity contribution in [3.8, 4) is 0 Å². The van der Waals surface area contributed by atoms with Crippen molar-refractivity contribution in [3.63, 3.8) is 0 Å². The zero-order valence-corrected chi connectivity index (χ0v) is 11.4. The van der Waals surface area contributed by atoms with E-state index in [1.807, 2.05) is 0 Å². The number of rotatable bonds is 6. The number of alkyl halides is 3. The van der Waals surface area contributed by atoms with Gasteiger partial charge in [0.2, 0.25) is 0 Å². The Balaban J connectivity index is 3.08. The average molecular weight is 308 g/mol. The van der Waals surface area contributed by atoms with Crippen LogP contribution in [0.2, 0.25) is 0 Å². The van der Waals surface area contributed by atoms with E-state index in [1.165, 1.54) is 25.1 Å². The number of nitro groups is 1. The molecule has 1 N–H and O–H groups in total. The average Bonchev–Trinajstić information content (AvgIpc) is 2.37. The number of anilines is 1. The maximum atomic E-state index is 12.8. The summed E-state index contributed by atoms with van der Waals surface area (Å²) in [5.74, 6) is 0. The topological polar surface area (TPSA) is 75.8 Å². The molecule has 6 nitrogen and oxygen atoms in total. The number of likely N-dealkylation sites (N-methyl/N-ethyl adjacent to an activating group) is 1. The quantitative estimate of drug-likeness (QED) is 0.643. The standard InChI is InChI=1S/C12H15F3N2O4/c1-16(6-9(18)7-21-2)8-3-4-11(17(19)20)10(5-8)12(13,14)15/h3-5,9,18H,6-7H2,1-2H3. The largest absolute Gasteiger partial charge is 0.423 e. The van der Waals surface area contributed by atoms with Crippen LogP contribution in [0.3, 0.4) is 0 Å². The van der Waals surface area contributed by atoms with E-state index < -0.39 is 28.5 Å². The lowest BCUT2D eigenvalue weighted by Crippen LogP contribution is -2.32. The number of methoxy groups -OCH3 is 1. The highest BCUT2D eigenvalue weighted by Gasteiger charge is 2.38. The summed E-state index contributed by atoms with van der Waals surface area (Å²) >= 11 is 0. The van der Waals surface area contributed by atoms with Gasteiger partial charge in [0.15, 0.2) is 0 Å². The number of nitro benzene ring substituents is 1. The molecule has 1 atom stereocenters. The van der Waals surface area contributed by atoms with Crippen molar-refractivity contribution >= 4 is 11.4 Å². The number of hydrogen-bond acceptors (Lipinski definition) is 5. The second-order valence-corrected chi connectivity index (χ2v) is 4.45. The van der Waals surface area contributed by atoms with Crippen LogP contribution in [0.15, 0.2) is 18.2 Å². The molecule has 21 heavy (non-hydrogen) atoms. The lowest BCUT2D eigenvalue weighted by molar-refractivity contribution is -0.388. The van der Waals surface area contributed by atoms with Crippen LogP contribution in [0.1, 0.15) is 5.56 Å². The van der Waals surface area contributed by atoms with Crippen LogP contribution in [0.4, 0.5) is 24.5 Å². The fraction of sp³-hybridized carbons (Fsp3) is 0.500. The second kappa shape index (κ2) is 6.72. The molecule has 1 aromatic carbocycles. The minimum Gasteiger partial charge on any atom is -0.389 e. The van der Waals surface area contributed by atoms with E-state index >= 15 is 0 Å². The van der Waals surface area contributed by atoms with Gasteiger partial charge < -0.3 is 14.7 Å². The van der Waals surface area contributed by atoms with E-state index in [0.29, 0.717) is 6.07 Å². The minimum absolute atomic E-state index is 0.0307. The molecular weight excluding hydrogens is 293 g/mol. The summed E-state index contributed by atoms with van der Waals surface area (Å²) in [7, 11) is 2.86. The monoisotopic (exact) mass is 308 g/mol. The molecule has 0 spiro atoms. The molecule has 0 amide bonds. The number of hydrogen-bond donors (Lipinski definition) is 1. The predicted octanol–water partition coefficient (Wildman–Crippen LogP) is 2.06. The van der Waals surface area contributed by atoms with Crippen molar-refractivity contribution in [2.75, 3.05) is 32.2 Å². The molecule has 118 valence electrons. The first-order valence-corrected chi connectivity index (χ1v) is 5.90. The van der Waals surface area contributed by atoms with E-state index in [0.717, 1.165) is 6.07 Å². The lowest BCUT2D eigenvalue weighted by atomic mass is 10.1. The third-order valence-corrected chi connectivity index (χ3v) is 2.77. The third-order valence-electron chi connectivity index (χ3n) is 2.77. The number of ether oxygens (including phenoxy) is 1. The fourth-order valence-corrected chi connectivity index (χ4v) is 1.81. The van der Waals surface area contributed by atoms with Crippen LogP contribution in [-0.4, -0.2) is 43.4 Å². The molecular formula is C12H15F3N2O4. The number of halogens is 3. The molecule has 0 radical (unpaired) electrons. The fourth-order valence-electron chi connectivity index (χ4n) is 1.81. The summed E-state index contributed by atoms with van der Waals surface area (Å²) in [6, 6.07) is 2.70. The van der Waals surface area contributed by atoms with Crippen molar-refractivity contribution in [2.45, 2.75) is 12.3 Å². The Hall–Kier alpha value is -1.87. The summed E-state index contributed by atoms with van der Waals surface area (Å²) in [4.78, 5) is 10.9. The highest BCUT2D eigenvalue weighted by Crippen LogP contribution is 2.38. The molecule has 0 fully saturated rings. The van der Waals surface area contributed by atoms with Gasteiger partial charge in [-0.25, -0.2) is 0 Å². The number of benzene rings is 1. The van der Waals surface area contributed by atoms with Gasteiger partial charge >= 0.3 is 6.18 Å². The van der Waals surface area contributed by atoms with Crippen LogP contribution < -0.4 is 4.90 Å². The van der Waals surface area contributed by atoms with Crippen LogP contribution >= 0.6 is 0 Å². The van der Waals surface area contributed by atoms with E-state index in [2.05, 4.69) is 0 Å². The molecule has 0 aliphatic rings. The number of aliphatic hydroxyl groups is 1. The summed E-state index contributed by atoms with van der Waals surface area (Å²) in [5.41, 5.74) is -2.21. The summed E-state index contributed by atoms with van der Waals surface area (Å²) < 4.78 is 43.3. The van der Waals surface area contributed by atoms with E-state index in [9.17, 15) is 28.4 Å². The Labute approximate surface area is 118 Å². The highest BCUT2D eigenvalue weighted by molar-refractivity contribution is 5.56. The van der Waals surface area contributed by atoms with Crippen LogP contribution in [0, 0.1) is 10.1 Å². The molecule has 1 aromatic rings. The molecule has 0 saturated heterocycles. The molecule has 0 aromatic heterocycles. The Morgan fingerprint density at radius 2 is 2.10 bits per heavy atom. The van der Waals surface area contributed by atoms with Gasteiger partial charge in [0.25, 0.3) is 5.69 Å². The number of nitrogens with zero attached hydrogens (tertiary/aromatic N) is 2. The maximum absolute atomic E-state index is 12.8. The maximum Gasteiger partial charge on any atom is 0.423 e. The molecule has 0 aliphatic heterocycles. The second-order valence-electron chi connectivity index (χ2n) is 4.45. The first kappa shape index (κ1) is 17.2. The summed E-state index contributed by atoms with van der Waals surface area (Å²) in [6.07, 6.45) is -5.71. The minimum atomic E-state index is -4.83. The van der Waals surface area contributed by atoms with Gasteiger partial charge in [-0.15, -0.1) is 0 Å². The predicted molar refractivity (Wildman–Crippen MR) is 69.3 cm³/mol. The van der Waals surface area contributed by atoms with Crippen molar-refractivity contribution in [3.05, 3.63) is 33.9 Å². The van der Waals surface area contributed by atoms with Gasteiger partial charge in [-0.2, -0.15) is 13.2 Å². The Morgan fingerprint density at radius 3 is 2.57 bits per heavy atom. The van der Waals surface area contributed by atoms with Gasteiger partial charge in [-0.3, -0.25) is 10.1 Å². The van der Waals surface area contributed by atoms with Crippen LogP contribution in [-0.2, 0) is 10.9 Å². The Morgan fingerprint density at radius 1 is 1.48 bits per heavy atom. The first-order valence-electron chi connectivity index (χ1n) is 5.90. The lowest BCUT2D eigenvalue weighted by Gasteiger charge is -2.23. The van der Waals surface area contributed by atoms with Gasteiger partial charge in [-0.1, -0.05) is 0 Å². The van der Waals surface area contributed by atoms with E-state index in [4.69, 9.17) is 4.74 Å². The first-order chi connectivity index (χ1) is 9.66.